The molecule has 0 saturated carbocycles. The van der Waals surface area contributed by atoms with E-state index in [1.807, 2.05) is 6.20 Å². The van der Waals surface area contributed by atoms with Gasteiger partial charge in [-0.05, 0) is 56.1 Å². The smallest absolute Gasteiger partial charge is 0.0455 e. The molecule has 3 rings (SSSR count). The molecule has 0 spiro atoms. The number of benzene rings is 1. The van der Waals surface area contributed by atoms with Crippen LogP contribution in [0.25, 0.3) is 10.9 Å². The van der Waals surface area contributed by atoms with Crippen molar-refractivity contribution < 1.29 is 0 Å². The van der Waals surface area contributed by atoms with Crippen molar-refractivity contribution in [3.8, 4) is 0 Å². The summed E-state index contributed by atoms with van der Waals surface area (Å²) in [6, 6.07) is 8.61. The quantitative estimate of drug-likeness (QED) is 0.757. The van der Waals surface area contributed by atoms with Gasteiger partial charge >= 0.3 is 0 Å². The van der Waals surface area contributed by atoms with Crippen LogP contribution in [0.3, 0.4) is 0 Å². The van der Waals surface area contributed by atoms with Gasteiger partial charge in [0.1, 0.15) is 0 Å². The van der Waals surface area contributed by atoms with Crippen molar-refractivity contribution in [1.82, 2.24) is 10.3 Å². The first-order chi connectivity index (χ1) is 8.42. The molecular weight excluding hydrogens is 210 g/mol. The maximum atomic E-state index is 3.54. The highest BCUT2D eigenvalue weighted by molar-refractivity contribution is 5.82. The van der Waals surface area contributed by atoms with Crippen molar-refractivity contribution in [1.29, 1.82) is 0 Å². The van der Waals surface area contributed by atoms with E-state index in [1.165, 1.54) is 36.0 Å². The van der Waals surface area contributed by atoms with Gasteiger partial charge in [-0.15, -0.1) is 0 Å². The van der Waals surface area contributed by atoms with Crippen LogP contribution in [0.4, 0.5) is 5.69 Å². The lowest BCUT2D eigenvalue weighted by Crippen LogP contribution is -2.33. The number of anilines is 1. The largest absolute Gasteiger partial charge is 0.385 e. The molecule has 1 aliphatic rings. The SMILES string of the molecule is c1cc2cc(NCC3CCCNC3)ccc2[nH]1. The topological polar surface area (TPSA) is 39.8 Å². The van der Waals surface area contributed by atoms with Crippen LogP contribution in [0.15, 0.2) is 30.5 Å². The summed E-state index contributed by atoms with van der Waals surface area (Å²) in [4.78, 5) is 3.21. The van der Waals surface area contributed by atoms with Gasteiger partial charge in [0, 0.05) is 29.3 Å². The van der Waals surface area contributed by atoms with Crippen LogP contribution < -0.4 is 10.6 Å². The number of hydrogen-bond donors (Lipinski definition) is 3. The van der Waals surface area contributed by atoms with Crippen LogP contribution in [0.1, 0.15) is 12.8 Å². The summed E-state index contributed by atoms with van der Waals surface area (Å²) in [7, 11) is 0. The molecule has 1 atom stereocenters. The van der Waals surface area contributed by atoms with Crippen LogP contribution in [0.2, 0.25) is 0 Å². The van der Waals surface area contributed by atoms with Crippen LogP contribution in [0.5, 0.6) is 0 Å². The Balaban J connectivity index is 1.63. The van der Waals surface area contributed by atoms with Crippen molar-refractivity contribution in [2.24, 2.45) is 5.92 Å². The Hall–Kier alpha value is -1.48. The maximum Gasteiger partial charge on any atom is 0.0455 e. The standard InChI is InChI=1S/C14H19N3/c1-2-11(9-15-6-1)10-17-13-3-4-14-12(8-13)5-7-16-14/h3-5,7-8,11,15-17H,1-2,6,9-10H2. The summed E-state index contributed by atoms with van der Waals surface area (Å²) in [6.07, 6.45) is 4.63. The highest BCUT2D eigenvalue weighted by atomic mass is 14.9. The summed E-state index contributed by atoms with van der Waals surface area (Å²) in [6.45, 7) is 3.41. The highest BCUT2D eigenvalue weighted by Gasteiger charge is 2.12. The van der Waals surface area contributed by atoms with Gasteiger partial charge in [0.25, 0.3) is 0 Å². The summed E-state index contributed by atoms with van der Waals surface area (Å²) in [5, 5.41) is 8.27. The number of fused-ring (bicyclic) bond motifs is 1. The Morgan fingerprint density at radius 1 is 1.29 bits per heavy atom. The molecule has 0 bridgehead atoms. The Morgan fingerprint density at radius 3 is 3.18 bits per heavy atom. The molecule has 3 N–H and O–H groups in total. The molecule has 17 heavy (non-hydrogen) atoms. The maximum absolute atomic E-state index is 3.54. The Kier molecular flexibility index (Phi) is 3.01. The van der Waals surface area contributed by atoms with Gasteiger partial charge in [-0.25, -0.2) is 0 Å². The van der Waals surface area contributed by atoms with Gasteiger partial charge < -0.3 is 15.6 Å². The van der Waals surface area contributed by atoms with E-state index in [1.54, 1.807) is 0 Å². The van der Waals surface area contributed by atoms with Crippen molar-refractivity contribution >= 4 is 16.6 Å². The zero-order valence-electron chi connectivity index (χ0n) is 10.00. The predicted molar refractivity (Wildman–Crippen MR) is 72.4 cm³/mol. The molecule has 3 heteroatoms. The second-order valence-corrected chi connectivity index (χ2v) is 4.87. The number of H-pyrrole nitrogens is 1. The molecule has 1 saturated heterocycles. The fraction of sp³-hybridized carbons (Fsp3) is 0.429. The van der Waals surface area contributed by atoms with E-state index in [4.69, 9.17) is 0 Å². The Bertz CT molecular complexity index is 483. The van der Waals surface area contributed by atoms with Gasteiger partial charge in [-0.1, -0.05) is 0 Å². The number of aromatic nitrogens is 1. The van der Waals surface area contributed by atoms with Crippen LogP contribution >= 0.6 is 0 Å². The van der Waals surface area contributed by atoms with Crippen LogP contribution in [-0.4, -0.2) is 24.6 Å². The lowest BCUT2D eigenvalue weighted by molar-refractivity contribution is 0.393. The zero-order valence-corrected chi connectivity index (χ0v) is 10.00. The van der Waals surface area contributed by atoms with Crippen molar-refractivity contribution in [3.63, 3.8) is 0 Å². The lowest BCUT2D eigenvalue weighted by atomic mass is 10.00. The molecule has 1 aliphatic heterocycles. The Labute approximate surface area is 102 Å². The first-order valence-electron chi connectivity index (χ1n) is 6.43. The first-order valence-corrected chi connectivity index (χ1v) is 6.43. The number of nitrogens with one attached hydrogen (secondary N) is 3. The van der Waals surface area contributed by atoms with E-state index in [2.05, 4.69) is 39.9 Å². The molecule has 1 fully saturated rings. The second-order valence-electron chi connectivity index (χ2n) is 4.87. The van der Waals surface area contributed by atoms with E-state index < -0.39 is 0 Å². The van der Waals surface area contributed by atoms with Gasteiger partial charge in [-0.2, -0.15) is 0 Å². The second kappa shape index (κ2) is 4.80. The number of aromatic amines is 1. The molecule has 90 valence electrons. The van der Waals surface area contributed by atoms with Crippen molar-refractivity contribution in [2.75, 3.05) is 25.0 Å². The molecule has 0 aliphatic carbocycles. The van der Waals surface area contributed by atoms with E-state index in [0.717, 1.165) is 19.0 Å². The van der Waals surface area contributed by atoms with Crippen LogP contribution in [-0.2, 0) is 0 Å². The predicted octanol–water partition coefficient (Wildman–Crippen LogP) is 2.58. The molecule has 3 nitrogen and oxygen atoms in total. The van der Waals surface area contributed by atoms with E-state index in [9.17, 15) is 0 Å². The minimum Gasteiger partial charge on any atom is -0.385 e. The molecular formula is C14H19N3. The van der Waals surface area contributed by atoms with Gasteiger partial charge in [-0.3, -0.25) is 0 Å². The van der Waals surface area contributed by atoms with Crippen molar-refractivity contribution in [3.05, 3.63) is 30.5 Å². The molecule has 1 unspecified atom stereocenters. The Morgan fingerprint density at radius 2 is 2.29 bits per heavy atom. The summed E-state index contributed by atoms with van der Waals surface area (Å²) < 4.78 is 0. The fourth-order valence-corrected chi connectivity index (χ4v) is 2.52. The fourth-order valence-electron chi connectivity index (χ4n) is 2.52. The zero-order chi connectivity index (χ0) is 11.5. The molecule has 0 amide bonds. The van der Waals surface area contributed by atoms with Crippen molar-refractivity contribution in [2.45, 2.75) is 12.8 Å². The molecule has 0 radical (unpaired) electrons. The lowest BCUT2D eigenvalue weighted by Gasteiger charge is -2.23. The van der Waals surface area contributed by atoms with Gasteiger partial charge in [0.15, 0.2) is 0 Å². The monoisotopic (exact) mass is 229 g/mol. The van der Waals surface area contributed by atoms with E-state index in [-0.39, 0.29) is 0 Å². The average molecular weight is 229 g/mol. The third-order valence-corrected chi connectivity index (χ3v) is 3.55. The molecule has 2 heterocycles. The summed E-state index contributed by atoms with van der Waals surface area (Å²) in [5.74, 6) is 0.769. The average Bonchev–Trinajstić information content (AvgIpc) is 2.85. The third-order valence-electron chi connectivity index (χ3n) is 3.55. The number of rotatable bonds is 3. The highest BCUT2D eigenvalue weighted by Crippen LogP contribution is 2.19. The summed E-state index contributed by atoms with van der Waals surface area (Å²) >= 11 is 0. The molecule has 1 aromatic carbocycles. The van der Waals surface area contributed by atoms with E-state index in [0.29, 0.717) is 0 Å². The molecule has 1 aromatic heterocycles. The van der Waals surface area contributed by atoms with Gasteiger partial charge in [0.05, 0.1) is 0 Å². The minimum absolute atomic E-state index is 0.769. The number of piperidine rings is 1. The van der Waals surface area contributed by atoms with Crippen LogP contribution in [0, 0.1) is 5.92 Å². The van der Waals surface area contributed by atoms with Gasteiger partial charge in [0.2, 0.25) is 0 Å². The first kappa shape index (κ1) is 10.7. The number of hydrogen-bond acceptors (Lipinski definition) is 2. The molecule has 2 aromatic rings. The minimum atomic E-state index is 0.769. The van der Waals surface area contributed by atoms with E-state index >= 15 is 0 Å². The third kappa shape index (κ3) is 2.44. The summed E-state index contributed by atoms with van der Waals surface area (Å²) in [5.41, 5.74) is 2.43. The normalized spacial score (nSPS) is 20.6.